The van der Waals surface area contributed by atoms with Gasteiger partial charge in [-0.1, -0.05) is 6.92 Å². The third-order valence-electron chi connectivity index (χ3n) is 3.54. The lowest BCUT2D eigenvalue weighted by molar-refractivity contribution is 0.0691. The van der Waals surface area contributed by atoms with Crippen LogP contribution in [0, 0.1) is 5.92 Å². The molecular weight excluding hydrogens is 278 g/mol. The SMILES string of the molecule is CC1CCC(C)N(C(=O)NCc2nc(C(=O)O)cs2)C1. The Bertz CT molecular complexity index is 503. The molecule has 0 aromatic carbocycles. The van der Waals surface area contributed by atoms with Gasteiger partial charge in [-0.25, -0.2) is 14.6 Å². The number of urea groups is 1. The maximum Gasteiger partial charge on any atom is 0.355 e. The van der Waals surface area contributed by atoms with Crippen LogP contribution in [0.15, 0.2) is 5.38 Å². The van der Waals surface area contributed by atoms with Gasteiger partial charge in [-0.15, -0.1) is 11.3 Å². The van der Waals surface area contributed by atoms with Crippen molar-refractivity contribution in [2.75, 3.05) is 6.54 Å². The van der Waals surface area contributed by atoms with Crippen LogP contribution in [-0.4, -0.2) is 39.6 Å². The Hall–Kier alpha value is -1.63. The number of rotatable bonds is 3. The number of thiazole rings is 1. The van der Waals surface area contributed by atoms with Gasteiger partial charge in [-0.05, 0) is 25.7 Å². The number of carboxylic acids is 1. The smallest absolute Gasteiger partial charge is 0.355 e. The number of aromatic carboxylic acids is 1. The van der Waals surface area contributed by atoms with E-state index in [0.717, 1.165) is 19.4 Å². The molecule has 1 aromatic heterocycles. The average Bonchev–Trinajstić information content (AvgIpc) is 2.88. The summed E-state index contributed by atoms with van der Waals surface area (Å²) in [7, 11) is 0. The molecule has 2 amide bonds. The zero-order valence-corrected chi connectivity index (χ0v) is 12.4. The third kappa shape index (κ3) is 3.47. The maximum absolute atomic E-state index is 12.1. The highest BCUT2D eigenvalue weighted by molar-refractivity contribution is 7.09. The van der Waals surface area contributed by atoms with Gasteiger partial charge in [-0.3, -0.25) is 0 Å². The number of likely N-dealkylation sites (tertiary alicyclic amines) is 1. The molecule has 0 bridgehead atoms. The molecular formula is C13H19N3O3S. The Morgan fingerprint density at radius 2 is 2.25 bits per heavy atom. The summed E-state index contributed by atoms with van der Waals surface area (Å²) in [6, 6.07) is 0.146. The van der Waals surface area contributed by atoms with Gasteiger partial charge in [0.25, 0.3) is 0 Å². The first-order valence-corrected chi connectivity index (χ1v) is 7.57. The molecule has 110 valence electrons. The summed E-state index contributed by atoms with van der Waals surface area (Å²) in [5, 5.41) is 13.7. The Balaban J connectivity index is 1.89. The molecule has 2 heterocycles. The van der Waals surface area contributed by atoms with Gasteiger partial charge in [-0.2, -0.15) is 0 Å². The summed E-state index contributed by atoms with van der Waals surface area (Å²) in [4.78, 5) is 28.7. The molecule has 2 atom stereocenters. The van der Waals surface area contributed by atoms with Crippen molar-refractivity contribution >= 4 is 23.3 Å². The lowest BCUT2D eigenvalue weighted by Crippen LogP contribution is -2.49. The molecule has 20 heavy (non-hydrogen) atoms. The zero-order chi connectivity index (χ0) is 14.7. The molecule has 1 fully saturated rings. The predicted molar refractivity (Wildman–Crippen MR) is 75.9 cm³/mol. The van der Waals surface area contributed by atoms with E-state index in [1.807, 2.05) is 4.90 Å². The molecule has 1 aliphatic heterocycles. The number of carbonyl (C=O) groups excluding carboxylic acids is 1. The fourth-order valence-electron chi connectivity index (χ4n) is 2.31. The highest BCUT2D eigenvalue weighted by Gasteiger charge is 2.26. The standard InChI is InChI=1S/C13H19N3O3S/c1-8-3-4-9(2)16(6-8)13(19)14-5-11-15-10(7-20-11)12(17)18/h7-9H,3-6H2,1-2H3,(H,14,19)(H,17,18). The Morgan fingerprint density at radius 3 is 2.90 bits per heavy atom. The topological polar surface area (TPSA) is 82.5 Å². The first kappa shape index (κ1) is 14.8. The molecule has 1 aromatic rings. The monoisotopic (exact) mass is 297 g/mol. The van der Waals surface area contributed by atoms with Crippen LogP contribution in [0.2, 0.25) is 0 Å². The van der Waals surface area contributed by atoms with Gasteiger partial charge in [0.2, 0.25) is 0 Å². The quantitative estimate of drug-likeness (QED) is 0.895. The highest BCUT2D eigenvalue weighted by Crippen LogP contribution is 2.21. The molecule has 2 N–H and O–H groups in total. The van der Waals surface area contributed by atoms with E-state index in [-0.39, 0.29) is 24.3 Å². The highest BCUT2D eigenvalue weighted by atomic mass is 32.1. The predicted octanol–water partition coefficient (Wildman–Crippen LogP) is 2.17. The van der Waals surface area contributed by atoms with Crippen molar-refractivity contribution in [2.24, 2.45) is 5.92 Å². The van der Waals surface area contributed by atoms with Crippen molar-refractivity contribution in [3.05, 3.63) is 16.1 Å². The number of aromatic nitrogens is 1. The third-order valence-corrected chi connectivity index (χ3v) is 4.39. The van der Waals surface area contributed by atoms with Crippen molar-refractivity contribution in [1.29, 1.82) is 0 Å². The lowest BCUT2D eigenvalue weighted by atomic mass is 9.95. The maximum atomic E-state index is 12.1. The van der Waals surface area contributed by atoms with Crippen LogP contribution >= 0.6 is 11.3 Å². The summed E-state index contributed by atoms with van der Waals surface area (Å²) < 4.78 is 0. The van der Waals surface area contributed by atoms with Gasteiger partial charge in [0.05, 0.1) is 6.54 Å². The lowest BCUT2D eigenvalue weighted by Gasteiger charge is -2.36. The molecule has 0 spiro atoms. The van der Waals surface area contributed by atoms with Crippen LogP contribution in [0.3, 0.4) is 0 Å². The van der Waals surface area contributed by atoms with Crippen molar-refractivity contribution in [3.63, 3.8) is 0 Å². The number of carbonyl (C=O) groups is 2. The van der Waals surface area contributed by atoms with Crippen LogP contribution < -0.4 is 5.32 Å². The molecule has 2 rings (SSSR count). The summed E-state index contributed by atoms with van der Waals surface area (Å²) in [5.74, 6) is -0.521. The first-order valence-electron chi connectivity index (χ1n) is 6.69. The van der Waals surface area contributed by atoms with E-state index in [4.69, 9.17) is 5.11 Å². The number of hydrogen-bond donors (Lipinski definition) is 2. The number of amides is 2. The number of nitrogens with one attached hydrogen (secondary N) is 1. The zero-order valence-electron chi connectivity index (χ0n) is 11.6. The van der Waals surface area contributed by atoms with Crippen LogP contribution in [0.5, 0.6) is 0 Å². The van der Waals surface area contributed by atoms with Gasteiger partial charge in [0.15, 0.2) is 5.69 Å². The Kier molecular flexibility index (Phi) is 4.59. The molecule has 0 radical (unpaired) electrons. The van der Waals surface area contributed by atoms with Gasteiger partial charge in [0.1, 0.15) is 5.01 Å². The summed E-state index contributed by atoms with van der Waals surface area (Å²) in [6.07, 6.45) is 2.17. The minimum atomic E-state index is -1.04. The minimum Gasteiger partial charge on any atom is -0.476 e. The number of nitrogens with zero attached hydrogens (tertiary/aromatic N) is 2. The van der Waals surface area contributed by atoms with E-state index in [1.54, 1.807) is 0 Å². The van der Waals surface area contributed by atoms with E-state index in [2.05, 4.69) is 24.1 Å². The van der Waals surface area contributed by atoms with Crippen molar-refractivity contribution < 1.29 is 14.7 Å². The number of piperidine rings is 1. The van der Waals surface area contributed by atoms with Crippen molar-refractivity contribution in [2.45, 2.75) is 39.3 Å². The van der Waals surface area contributed by atoms with Gasteiger partial charge >= 0.3 is 12.0 Å². The number of carboxylic acid groups (broad SMARTS) is 1. The largest absolute Gasteiger partial charge is 0.476 e. The van der Waals surface area contributed by atoms with E-state index >= 15 is 0 Å². The minimum absolute atomic E-state index is 0.0270. The normalized spacial score (nSPS) is 22.6. The van der Waals surface area contributed by atoms with Crippen LogP contribution in [-0.2, 0) is 6.54 Å². The van der Waals surface area contributed by atoms with E-state index in [9.17, 15) is 9.59 Å². The molecule has 7 heteroatoms. The van der Waals surface area contributed by atoms with E-state index < -0.39 is 5.97 Å². The van der Waals surface area contributed by atoms with E-state index in [1.165, 1.54) is 16.7 Å². The van der Waals surface area contributed by atoms with E-state index in [0.29, 0.717) is 10.9 Å². The molecule has 2 unspecified atom stereocenters. The molecule has 0 aliphatic carbocycles. The summed E-state index contributed by atoms with van der Waals surface area (Å²) in [6.45, 7) is 5.24. The second-order valence-electron chi connectivity index (χ2n) is 5.27. The fourth-order valence-corrected chi connectivity index (χ4v) is 3.02. The van der Waals surface area contributed by atoms with Crippen molar-refractivity contribution in [1.82, 2.24) is 15.2 Å². The molecule has 1 saturated heterocycles. The second kappa shape index (κ2) is 6.21. The Labute approximate surface area is 121 Å². The molecule has 6 nitrogen and oxygen atoms in total. The van der Waals surface area contributed by atoms with Crippen LogP contribution in [0.1, 0.15) is 42.2 Å². The van der Waals surface area contributed by atoms with Gasteiger partial charge < -0.3 is 15.3 Å². The molecule has 1 aliphatic rings. The first-order chi connectivity index (χ1) is 9.47. The summed E-state index contributed by atoms with van der Waals surface area (Å²) >= 11 is 1.24. The fraction of sp³-hybridized carbons (Fsp3) is 0.615. The van der Waals surface area contributed by atoms with Crippen molar-refractivity contribution in [3.8, 4) is 0 Å². The van der Waals surface area contributed by atoms with Crippen LogP contribution in [0.4, 0.5) is 4.79 Å². The molecule has 0 saturated carbocycles. The second-order valence-corrected chi connectivity index (χ2v) is 6.22. The average molecular weight is 297 g/mol. The Morgan fingerprint density at radius 1 is 1.50 bits per heavy atom. The summed E-state index contributed by atoms with van der Waals surface area (Å²) in [5.41, 5.74) is 0.0270. The number of hydrogen-bond acceptors (Lipinski definition) is 4. The van der Waals surface area contributed by atoms with Crippen LogP contribution in [0.25, 0.3) is 0 Å². The van der Waals surface area contributed by atoms with Gasteiger partial charge in [0, 0.05) is 18.0 Å².